The molecule has 0 fully saturated rings. The molecule has 0 radical (unpaired) electrons. The molecule has 0 aliphatic heterocycles. The average Bonchev–Trinajstić information content (AvgIpc) is 2.52. The van der Waals surface area contributed by atoms with Crippen LogP contribution in [-0.4, -0.2) is 17.2 Å². The first-order valence-electron chi connectivity index (χ1n) is 10.2. The Balaban J connectivity index is 3.11. The average molecular weight is 331 g/mol. The minimum Gasteiger partial charge on any atom is -0.374 e. The highest BCUT2D eigenvalue weighted by molar-refractivity contribution is 7.51. The van der Waals surface area contributed by atoms with Crippen LogP contribution in [0.4, 0.5) is 0 Å². The third-order valence-electron chi connectivity index (χ3n) is 4.54. The van der Waals surface area contributed by atoms with E-state index < -0.39 is 8.15 Å². The first-order chi connectivity index (χ1) is 10.8. The molecule has 0 aliphatic rings. The molecular formula is C20H43OP. The molecule has 0 saturated heterocycles. The van der Waals surface area contributed by atoms with Crippen LogP contribution in [0.25, 0.3) is 0 Å². The van der Waals surface area contributed by atoms with Gasteiger partial charge in [0.05, 0.1) is 0 Å². The Kier molecular flexibility index (Phi) is 19.8. The highest BCUT2D eigenvalue weighted by atomic mass is 31.1. The van der Waals surface area contributed by atoms with Crippen molar-refractivity contribution >= 4 is 8.15 Å². The van der Waals surface area contributed by atoms with Gasteiger partial charge in [-0.25, -0.2) is 0 Å². The molecule has 134 valence electrons. The van der Waals surface area contributed by atoms with E-state index in [-0.39, 0.29) is 0 Å². The Hall–Kier alpha value is 0.390. The van der Waals surface area contributed by atoms with E-state index in [1.807, 2.05) is 0 Å². The number of unbranched alkanes of at least 4 members (excludes halogenated alkanes) is 14. The third-order valence-corrected chi connectivity index (χ3v) is 6.20. The Morgan fingerprint density at radius 3 is 1.05 bits per heavy atom. The summed E-state index contributed by atoms with van der Waals surface area (Å²) in [6, 6.07) is 0. The fraction of sp³-hybridized carbons (Fsp3) is 1.00. The van der Waals surface area contributed by atoms with Gasteiger partial charge in [0.1, 0.15) is 0 Å². The van der Waals surface area contributed by atoms with Gasteiger partial charge in [-0.15, -0.1) is 0 Å². The molecule has 0 spiro atoms. The second kappa shape index (κ2) is 19.4. The van der Waals surface area contributed by atoms with Gasteiger partial charge in [0.2, 0.25) is 0 Å². The lowest BCUT2D eigenvalue weighted by Crippen LogP contribution is -1.91. The maximum atomic E-state index is 10.1. The van der Waals surface area contributed by atoms with Gasteiger partial charge in [-0.3, -0.25) is 0 Å². The van der Waals surface area contributed by atoms with E-state index in [9.17, 15) is 4.89 Å². The van der Waals surface area contributed by atoms with Crippen molar-refractivity contribution in [2.45, 2.75) is 117 Å². The normalized spacial score (nSPS) is 11.5. The van der Waals surface area contributed by atoms with Crippen molar-refractivity contribution in [2.24, 2.45) is 0 Å². The minimum atomic E-state index is -0.641. The summed E-state index contributed by atoms with van der Waals surface area (Å²) in [7, 11) is -0.641. The summed E-state index contributed by atoms with van der Waals surface area (Å²) < 4.78 is 0. The molecule has 22 heavy (non-hydrogen) atoms. The standard InChI is InChI=1S/C20H43OP/c1-3-5-7-9-11-13-15-17-19-22(21)20-18-16-14-12-10-8-6-4-2/h21H,3-20H2,1-2H3. The van der Waals surface area contributed by atoms with Crippen molar-refractivity contribution in [3.05, 3.63) is 0 Å². The fourth-order valence-corrected chi connectivity index (χ4v) is 4.37. The van der Waals surface area contributed by atoms with Crippen LogP contribution in [0.1, 0.15) is 117 Å². The molecule has 0 aliphatic carbocycles. The van der Waals surface area contributed by atoms with Crippen LogP contribution in [0.3, 0.4) is 0 Å². The first-order valence-corrected chi connectivity index (χ1v) is 11.9. The van der Waals surface area contributed by atoms with Crippen LogP contribution in [-0.2, 0) is 0 Å². The highest BCUT2D eigenvalue weighted by Gasteiger charge is 2.03. The molecule has 1 nitrogen and oxygen atoms in total. The lowest BCUT2D eigenvalue weighted by molar-refractivity contribution is 0.569. The van der Waals surface area contributed by atoms with Gasteiger partial charge < -0.3 is 4.89 Å². The van der Waals surface area contributed by atoms with Crippen molar-refractivity contribution in [3.8, 4) is 0 Å². The van der Waals surface area contributed by atoms with Crippen molar-refractivity contribution in [1.82, 2.24) is 0 Å². The molecular weight excluding hydrogens is 287 g/mol. The summed E-state index contributed by atoms with van der Waals surface area (Å²) in [4.78, 5) is 10.1. The third kappa shape index (κ3) is 18.4. The molecule has 0 bridgehead atoms. The monoisotopic (exact) mass is 330 g/mol. The van der Waals surface area contributed by atoms with E-state index in [1.54, 1.807) is 0 Å². The van der Waals surface area contributed by atoms with E-state index in [4.69, 9.17) is 0 Å². The second-order valence-electron chi connectivity index (χ2n) is 6.90. The van der Waals surface area contributed by atoms with Crippen LogP contribution < -0.4 is 0 Å². The molecule has 0 unspecified atom stereocenters. The largest absolute Gasteiger partial charge is 0.374 e. The quantitative estimate of drug-likeness (QED) is 0.202. The molecule has 0 saturated carbocycles. The fourth-order valence-electron chi connectivity index (χ4n) is 2.97. The summed E-state index contributed by atoms with van der Waals surface area (Å²) in [5.74, 6) is 0. The maximum Gasteiger partial charge on any atom is 0.0251 e. The Morgan fingerprint density at radius 2 is 0.727 bits per heavy atom. The van der Waals surface area contributed by atoms with E-state index in [0.717, 1.165) is 12.3 Å². The van der Waals surface area contributed by atoms with Gasteiger partial charge in [0.15, 0.2) is 0 Å². The molecule has 1 N–H and O–H groups in total. The predicted octanol–water partition coefficient (Wildman–Crippen LogP) is 7.66. The Morgan fingerprint density at radius 1 is 0.455 bits per heavy atom. The molecule has 0 amide bonds. The van der Waals surface area contributed by atoms with E-state index in [0.29, 0.717) is 0 Å². The molecule has 0 aromatic heterocycles. The van der Waals surface area contributed by atoms with E-state index >= 15 is 0 Å². The lowest BCUT2D eigenvalue weighted by atomic mass is 10.1. The van der Waals surface area contributed by atoms with Crippen LogP contribution in [0, 0.1) is 0 Å². The van der Waals surface area contributed by atoms with Gasteiger partial charge in [-0.1, -0.05) is 104 Å². The second-order valence-corrected chi connectivity index (χ2v) is 8.81. The summed E-state index contributed by atoms with van der Waals surface area (Å²) in [6.07, 6.45) is 24.1. The molecule has 0 rings (SSSR count). The van der Waals surface area contributed by atoms with Gasteiger partial charge in [-0.05, 0) is 25.2 Å². The topological polar surface area (TPSA) is 20.2 Å². The maximum absolute atomic E-state index is 10.1. The van der Waals surface area contributed by atoms with E-state index in [2.05, 4.69) is 13.8 Å². The molecule has 0 aromatic rings. The van der Waals surface area contributed by atoms with Crippen molar-refractivity contribution < 1.29 is 4.89 Å². The molecule has 0 heterocycles. The van der Waals surface area contributed by atoms with Gasteiger partial charge in [0, 0.05) is 8.15 Å². The van der Waals surface area contributed by atoms with Crippen molar-refractivity contribution in [1.29, 1.82) is 0 Å². The highest BCUT2D eigenvalue weighted by Crippen LogP contribution is 2.33. The smallest absolute Gasteiger partial charge is 0.0251 e. The van der Waals surface area contributed by atoms with Gasteiger partial charge >= 0.3 is 0 Å². The summed E-state index contributed by atoms with van der Waals surface area (Å²) >= 11 is 0. The minimum absolute atomic E-state index is 0.641. The first kappa shape index (κ1) is 22.4. The van der Waals surface area contributed by atoms with Crippen LogP contribution in [0.15, 0.2) is 0 Å². The summed E-state index contributed by atoms with van der Waals surface area (Å²) in [5.41, 5.74) is 0. The van der Waals surface area contributed by atoms with Crippen LogP contribution >= 0.6 is 8.15 Å². The summed E-state index contributed by atoms with van der Waals surface area (Å²) in [5, 5.41) is 0. The zero-order chi connectivity index (χ0) is 16.3. The molecule has 0 atom stereocenters. The zero-order valence-electron chi connectivity index (χ0n) is 15.6. The zero-order valence-corrected chi connectivity index (χ0v) is 16.5. The molecule has 2 heteroatoms. The number of rotatable bonds is 18. The SMILES string of the molecule is CCCCCCCCCCP(O)CCCCCCCCCC. The number of hydrogen-bond acceptors (Lipinski definition) is 1. The van der Waals surface area contributed by atoms with Crippen molar-refractivity contribution in [2.75, 3.05) is 12.3 Å². The van der Waals surface area contributed by atoms with Gasteiger partial charge in [0.25, 0.3) is 0 Å². The van der Waals surface area contributed by atoms with Gasteiger partial charge in [-0.2, -0.15) is 0 Å². The predicted molar refractivity (Wildman–Crippen MR) is 104 cm³/mol. The Labute approximate surface area is 142 Å². The van der Waals surface area contributed by atoms with E-state index in [1.165, 1.54) is 103 Å². The van der Waals surface area contributed by atoms with Crippen LogP contribution in [0.2, 0.25) is 0 Å². The lowest BCUT2D eigenvalue weighted by Gasteiger charge is -2.10. The van der Waals surface area contributed by atoms with Crippen LogP contribution in [0.5, 0.6) is 0 Å². The van der Waals surface area contributed by atoms with Crippen molar-refractivity contribution in [3.63, 3.8) is 0 Å². The molecule has 0 aromatic carbocycles. The Bertz CT molecular complexity index is 176. The summed E-state index contributed by atoms with van der Waals surface area (Å²) in [6.45, 7) is 4.55. The number of hydrogen-bond donors (Lipinski definition) is 1.